The van der Waals surface area contributed by atoms with E-state index >= 15 is 0 Å². The fraction of sp³-hybridized carbons (Fsp3) is 0.310. The highest BCUT2D eigenvalue weighted by molar-refractivity contribution is 6.33. The van der Waals surface area contributed by atoms with Gasteiger partial charge < -0.3 is 20.3 Å². The van der Waals surface area contributed by atoms with Crippen molar-refractivity contribution in [3.8, 4) is 17.0 Å². The van der Waals surface area contributed by atoms with E-state index in [4.69, 9.17) is 21.3 Å². The molecule has 0 saturated carbocycles. The Morgan fingerprint density at radius 1 is 1.20 bits per heavy atom. The second kappa shape index (κ2) is 10.4. The number of fused-ring (bicyclic) bond motifs is 1. The predicted molar refractivity (Wildman–Crippen MR) is 158 cm³/mol. The maximum atomic E-state index is 12.4. The number of likely N-dealkylation sites (N-methyl/N-ethyl adjacent to an activating group) is 1. The monoisotopic (exact) mass is 558 g/mol. The minimum atomic E-state index is -0.289. The van der Waals surface area contributed by atoms with Gasteiger partial charge in [-0.1, -0.05) is 24.2 Å². The van der Waals surface area contributed by atoms with Crippen molar-refractivity contribution in [1.82, 2.24) is 24.5 Å². The number of nitrogens with zero attached hydrogens (tertiary/aromatic N) is 6. The molecule has 2 saturated heterocycles. The van der Waals surface area contributed by atoms with E-state index in [0.29, 0.717) is 33.8 Å². The molecule has 1 atom stereocenters. The molecule has 40 heavy (non-hydrogen) atoms. The van der Waals surface area contributed by atoms with Crippen LogP contribution >= 0.6 is 11.6 Å². The Hall–Kier alpha value is -4.15. The molecule has 3 aromatic heterocycles. The molecule has 2 aliphatic heterocycles. The van der Waals surface area contributed by atoms with Crippen LogP contribution in [0.1, 0.15) is 19.3 Å². The van der Waals surface area contributed by atoms with Gasteiger partial charge in [-0.15, -0.1) is 0 Å². The minimum Gasteiger partial charge on any atom is -0.494 e. The average Bonchev–Trinajstić information content (AvgIpc) is 3.69. The number of ether oxygens (including phenoxy) is 1. The number of anilines is 4. The fourth-order valence-electron chi connectivity index (χ4n) is 5.89. The molecule has 6 rings (SSSR count). The Morgan fingerprint density at radius 3 is 2.85 bits per heavy atom. The second-order valence-electron chi connectivity index (χ2n) is 10.3. The summed E-state index contributed by atoms with van der Waals surface area (Å²) in [5.74, 6) is 0.639. The average molecular weight is 559 g/mol. The van der Waals surface area contributed by atoms with Crippen LogP contribution in [-0.4, -0.2) is 69.7 Å². The van der Waals surface area contributed by atoms with Gasteiger partial charge in [-0.2, -0.15) is 5.10 Å². The number of amides is 1. The molecule has 0 radical (unpaired) electrons. The standard InChI is InChI=1S/C29H31ClN8O2/c1-4-26(39)33-21-14-22(25(40-3)15-24(21)37-13-10-29(18-37)9-7-11-36(29)2)34-28-31-17-20(30)27(35-28)19-16-32-38-12-6-5-8-23(19)38/h4-6,8,12,14-17H,1,7,9-11,13,18H2,2-3H3,(H,33,39)(H,31,34,35)/t29-/m1/s1. The molecule has 2 aliphatic rings. The number of benzene rings is 1. The molecule has 1 amide bonds. The lowest BCUT2D eigenvalue weighted by Crippen LogP contribution is -2.43. The number of likely N-dealkylation sites (tertiary alicyclic amines) is 1. The molecule has 4 aromatic rings. The number of rotatable bonds is 7. The molecular weight excluding hydrogens is 528 g/mol. The first-order valence-electron chi connectivity index (χ1n) is 13.2. The summed E-state index contributed by atoms with van der Waals surface area (Å²) in [5.41, 5.74) is 4.54. The van der Waals surface area contributed by atoms with Gasteiger partial charge in [0.2, 0.25) is 11.9 Å². The number of methoxy groups -OCH3 is 1. The maximum Gasteiger partial charge on any atom is 0.247 e. The number of nitrogens with one attached hydrogen (secondary N) is 2. The van der Waals surface area contributed by atoms with E-state index in [0.717, 1.165) is 42.8 Å². The normalized spacial score (nSPS) is 18.9. The van der Waals surface area contributed by atoms with Crippen LogP contribution in [0.15, 0.2) is 61.6 Å². The molecule has 0 bridgehead atoms. The zero-order chi connectivity index (χ0) is 27.9. The number of carbonyl (C=O) groups is 1. The van der Waals surface area contributed by atoms with Gasteiger partial charge >= 0.3 is 0 Å². The van der Waals surface area contributed by atoms with Crippen LogP contribution in [0, 0.1) is 0 Å². The first-order chi connectivity index (χ1) is 19.4. The van der Waals surface area contributed by atoms with Gasteiger partial charge in [0.1, 0.15) is 5.75 Å². The summed E-state index contributed by atoms with van der Waals surface area (Å²) >= 11 is 6.52. The van der Waals surface area contributed by atoms with Crippen LogP contribution in [-0.2, 0) is 4.79 Å². The summed E-state index contributed by atoms with van der Waals surface area (Å²) in [6, 6.07) is 9.61. The first-order valence-corrected chi connectivity index (χ1v) is 13.6. The van der Waals surface area contributed by atoms with Gasteiger partial charge in [0.25, 0.3) is 0 Å². The third kappa shape index (κ3) is 4.63. The summed E-state index contributed by atoms with van der Waals surface area (Å²) in [4.78, 5) is 26.4. The number of hydrogen-bond donors (Lipinski definition) is 2. The van der Waals surface area contributed by atoms with E-state index in [-0.39, 0.29) is 11.4 Å². The highest BCUT2D eigenvalue weighted by Crippen LogP contribution is 2.44. The molecule has 206 valence electrons. The van der Waals surface area contributed by atoms with E-state index in [9.17, 15) is 4.79 Å². The van der Waals surface area contributed by atoms with Crippen molar-refractivity contribution < 1.29 is 9.53 Å². The SMILES string of the molecule is C=CC(=O)Nc1cc(Nc2ncc(Cl)c(-c3cnn4ccccc34)n2)c(OC)cc1N1CC[C@]2(CCCN2C)C1. The number of halogens is 1. The van der Waals surface area contributed by atoms with Crippen molar-refractivity contribution in [3.63, 3.8) is 0 Å². The first kappa shape index (κ1) is 26.1. The number of aromatic nitrogens is 4. The third-order valence-corrected chi connectivity index (χ3v) is 8.33. The second-order valence-corrected chi connectivity index (χ2v) is 10.7. The van der Waals surface area contributed by atoms with Crippen molar-refractivity contribution in [2.75, 3.05) is 49.3 Å². The van der Waals surface area contributed by atoms with Crippen LogP contribution in [0.4, 0.5) is 23.0 Å². The Morgan fingerprint density at radius 2 is 2.08 bits per heavy atom. The van der Waals surface area contributed by atoms with Gasteiger partial charge in [-0.25, -0.2) is 14.5 Å². The molecule has 10 nitrogen and oxygen atoms in total. The number of hydrogen-bond acceptors (Lipinski definition) is 8. The highest BCUT2D eigenvalue weighted by atomic mass is 35.5. The minimum absolute atomic E-state index is 0.162. The lowest BCUT2D eigenvalue weighted by molar-refractivity contribution is -0.111. The maximum absolute atomic E-state index is 12.4. The van der Waals surface area contributed by atoms with Gasteiger partial charge in [-0.05, 0) is 57.1 Å². The van der Waals surface area contributed by atoms with Crippen LogP contribution in [0.3, 0.4) is 0 Å². The van der Waals surface area contributed by atoms with Crippen molar-refractivity contribution in [2.24, 2.45) is 0 Å². The van der Waals surface area contributed by atoms with E-state index in [1.165, 1.54) is 18.9 Å². The molecule has 0 aliphatic carbocycles. The zero-order valence-corrected chi connectivity index (χ0v) is 23.3. The fourth-order valence-corrected chi connectivity index (χ4v) is 6.08. The molecule has 5 heterocycles. The van der Waals surface area contributed by atoms with Crippen molar-refractivity contribution in [1.29, 1.82) is 0 Å². The topological polar surface area (TPSA) is 99.9 Å². The zero-order valence-electron chi connectivity index (χ0n) is 22.5. The van der Waals surface area contributed by atoms with E-state index in [1.54, 1.807) is 24.0 Å². The lowest BCUT2D eigenvalue weighted by Gasteiger charge is -2.33. The van der Waals surface area contributed by atoms with E-state index in [2.05, 4.69) is 44.1 Å². The van der Waals surface area contributed by atoms with Gasteiger partial charge in [0.05, 0.1) is 52.8 Å². The summed E-state index contributed by atoms with van der Waals surface area (Å²) in [7, 11) is 3.83. The van der Waals surface area contributed by atoms with Gasteiger partial charge in [0.15, 0.2) is 0 Å². The summed E-state index contributed by atoms with van der Waals surface area (Å²) < 4.78 is 7.57. The highest BCUT2D eigenvalue weighted by Gasteiger charge is 2.44. The molecule has 1 spiro atoms. The van der Waals surface area contributed by atoms with Gasteiger partial charge in [-0.3, -0.25) is 9.69 Å². The number of pyridine rings is 1. The Balaban J connectivity index is 1.36. The molecule has 2 N–H and O–H groups in total. The Bertz CT molecular complexity index is 1600. The van der Waals surface area contributed by atoms with Crippen LogP contribution in [0.25, 0.3) is 16.8 Å². The molecule has 0 unspecified atom stereocenters. The molecule has 11 heteroatoms. The quantitative estimate of drug-likeness (QED) is 0.306. The Kier molecular flexibility index (Phi) is 6.81. The van der Waals surface area contributed by atoms with Crippen LogP contribution in [0.5, 0.6) is 5.75 Å². The predicted octanol–water partition coefficient (Wildman–Crippen LogP) is 5.00. The van der Waals surface area contributed by atoms with Crippen LogP contribution in [0.2, 0.25) is 5.02 Å². The van der Waals surface area contributed by atoms with Crippen molar-refractivity contribution in [2.45, 2.75) is 24.8 Å². The van der Waals surface area contributed by atoms with Crippen molar-refractivity contribution in [3.05, 3.63) is 66.6 Å². The molecular formula is C29H31ClN8O2. The summed E-state index contributed by atoms with van der Waals surface area (Å²) in [6.07, 6.45) is 9.88. The van der Waals surface area contributed by atoms with Gasteiger partial charge in [0, 0.05) is 36.5 Å². The largest absolute Gasteiger partial charge is 0.494 e. The van der Waals surface area contributed by atoms with E-state index < -0.39 is 0 Å². The Labute approximate surface area is 237 Å². The smallest absolute Gasteiger partial charge is 0.247 e. The molecule has 1 aromatic carbocycles. The summed E-state index contributed by atoms with van der Waals surface area (Å²) in [5, 5.41) is 11.1. The van der Waals surface area contributed by atoms with Crippen molar-refractivity contribution >= 4 is 46.0 Å². The number of carbonyl (C=O) groups excluding carboxylic acids is 1. The van der Waals surface area contributed by atoms with Crippen LogP contribution < -0.4 is 20.3 Å². The van der Waals surface area contributed by atoms with E-state index in [1.807, 2.05) is 36.5 Å². The lowest BCUT2D eigenvalue weighted by atomic mass is 9.96. The molecule has 2 fully saturated rings. The third-order valence-electron chi connectivity index (χ3n) is 8.05. The summed E-state index contributed by atoms with van der Waals surface area (Å²) in [6.45, 7) is 6.52.